The summed E-state index contributed by atoms with van der Waals surface area (Å²) in [6.07, 6.45) is -2.93. The number of hydrogen-bond donors (Lipinski definition) is 1. The molecule has 4 rings (SSSR count). The molecule has 8 nitrogen and oxygen atoms in total. The highest BCUT2D eigenvalue weighted by molar-refractivity contribution is 5.93. The van der Waals surface area contributed by atoms with Crippen molar-refractivity contribution in [2.45, 2.75) is 32.6 Å². The number of fused-ring (bicyclic) bond motifs is 1. The molecule has 0 aliphatic heterocycles. The summed E-state index contributed by atoms with van der Waals surface area (Å²) in [6.45, 7) is 4.34. The topological polar surface area (TPSA) is 86.3 Å². The lowest BCUT2D eigenvalue weighted by Crippen LogP contribution is -2.27. The largest absolute Gasteiger partial charge is 0.497 e. The summed E-state index contributed by atoms with van der Waals surface area (Å²) in [5.74, 6) is -0.0600. The van der Waals surface area contributed by atoms with Crippen LogP contribution in [0.2, 0.25) is 0 Å². The maximum Gasteiger partial charge on any atom is 0.433 e. The molecule has 0 spiro atoms. The Balaban J connectivity index is 1.69. The average molecular weight is 458 g/mol. The molecular weight excluding hydrogens is 437 g/mol. The van der Waals surface area contributed by atoms with E-state index < -0.39 is 23.8 Å². The van der Waals surface area contributed by atoms with Crippen molar-refractivity contribution in [2.75, 3.05) is 7.11 Å². The van der Waals surface area contributed by atoms with Gasteiger partial charge in [0.25, 0.3) is 5.91 Å². The van der Waals surface area contributed by atoms with E-state index in [-0.39, 0.29) is 17.0 Å². The summed E-state index contributed by atoms with van der Waals surface area (Å²) in [4.78, 5) is 17.0. The predicted molar refractivity (Wildman–Crippen MR) is 114 cm³/mol. The first-order valence-electron chi connectivity index (χ1n) is 10.2. The molecule has 33 heavy (non-hydrogen) atoms. The Hall–Kier alpha value is -3.89. The van der Waals surface area contributed by atoms with Crippen LogP contribution >= 0.6 is 0 Å². The smallest absolute Gasteiger partial charge is 0.433 e. The van der Waals surface area contributed by atoms with Crippen LogP contribution in [0.4, 0.5) is 13.2 Å². The van der Waals surface area contributed by atoms with Gasteiger partial charge < -0.3 is 10.1 Å². The number of rotatable bonds is 6. The van der Waals surface area contributed by atoms with Crippen LogP contribution in [0.15, 0.2) is 48.7 Å². The van der Waals surface area contributed by atoms with Crippen LogP contribution in [0.1, 0.15) is 41.8 Å². The highest BCUT2D eigenvalue weighted by Gasteiger charge is 2.35. The van der Waals surface area contributed by atoms with Gasteiger partial charge in [-0.25, -0.2) is 9.50 Å². The number of carbonyl (C=O) groups excluding carboxylic acids is 1. The third kappa shape index (κ3) is 4.52. The van der Waals surface area contributed by atoms with E-state index in [9.17, 15) is 18.0 Å². The first kappa shape index (κ1) is 22.3. The van der Waals surface area contributed by atoms with Gasteiger partial charge in [-0.1, -0.05) is 0 Å². The Morgan fingerprint density at radius 2 is 1.88 bits per heavy atom. The lowest BCUT2D eigenvalue weighted by Gasteiger charge is -2.11. The van der Waals surface area contributed by atoms with E-state index in [0.717, 1.165) is 6.07 Å². The summed E-state index contributed by atoms with van der Waals surface area (Å²) >= 11 is 0. The van der Waals surface area contributed by atoms with Gasteiger partial charge in [-0.05, 0) is 50.2 Å². The molecule has 1 atom stereocenters. The quantitative estimate of drug-likeness (QED) is 0.470. The lowest BCUT2D eigenvalue weighted by molar-refractivity contribution is -0.142. The van der Waals surface area contributed by atoms with Crippen LogP contribution in [0.5, 0.6) is 5.75 Å². The fourth-order valence-corrected chi connectivity index (χ4v) is 3.33. The monoisotopic (exact) mass is 458 g/mol. The number of ether oxygens (including phenoxy) is 1. The number of aryl methyl sites for hydroxylation is 1. The van der Waals surface area contributed by atoms with E-state index in [1.165, 1.54) is 13.2 Å². The van der Waals surface area contributed by atoms with Crippen molar-refractivity contribution in [3.05, 3.63) is 65.7 Å². The molecule has 0 aliphatic carbocycles. The minimum Gasteiger partial charge on any atom is -0.497 e. The Morgan fingerprint density at radius 1 is 1.15 bits per heavy atom. The molecule has 0 fully saturated rings. The molecule has 172 valence electrons. The minimum atomic E-state index is -4.71. The van der Waals surface area contributed by atoms with Crippen molar-refractivity contribution in [2.24, 2.45) is 0 Å². The number of aromatic nitrogens is 5. The molecule has 0 radical (unpaired) electrons. The van der Waals surface area contributed by atoms with Gasteiger partial charge >= 0.3 is 6.18 Å². The second kappa shape index (κ2) is 8.57. The van der Waals surface area contributed by atoms with Gasteiger partial charge in [0.1, 0.15) is 5.75 Å². The van der Waals surface area contributed by atoms with Gasteiger partial charge in [-0.2, -0.15) is 23.4 Å². The number of carbonyl (C=O) groups is 1. The van der Waals surface area contributed by atoms with Crippen molar-refractivity contribution in [3.63, 3.8) is 0 Å². The van der Waals surface area contributed by atoms with E-state index in [1.807, 2.05) is 6.92 Å². The summed E-state index contributed by atoms with van der Waals surface area (Å²) in [6, 6.07) is 9.93. The third-order valence-electron chi connectivity index (χ3n) is 5.11. The maximum absolute atomic E-state index is 13.8. The Labute approximate surface area is 187 Å². The predicted octanol–water partition coefficient (Wildman–Crippen LogP) is 4.13. The van der Waals surface area contributed by atoms with Crippen molar-refractivity contribution in [1.29, 1.82) is 0 Å². The summed E-state index contributed by atoms with van der Waals surface area (Å²) < 4.78 is 48.8. The molecule has 11 heteroatoms. The molecule has 1 unspecified atom stereocenters. The zero-order valence-electron chi connectivity index (χ0n) is 18.1. The van der Waals surface area contributed by atoms with E-state index in [1.54, 1.807) is 48.1 Å². The Morgan fingerprint density at radius 3 is 2.48 bits per heavy atom. The van der Waals surface area contributed by atoms with Crippen LogP contribution in [0.25, 0.3) is 16.9 Å². The number of alkyl halides is 3. The maximum atomic E-state index is 13.8. The van der Waals surface area contributed by atoms with Gasteiger partial charge in [0.05, 0.1) is 24.5 Å². The minimum absolute atomic E-state index is 0.0938. The van der Waals surface area contributed by atoms with E-state index in [0.29, 0.717) is 28.1 Å². The van der Waals surface area contributed by atoms with E-state index in [2.05, 4.69) is 20.5 Å². The van der Waals surface area contributed by atoms with Crippen LogP contribution in [-0.2, 0) is 12.7 Å². The zero-order chi connectivity index (χ0) is 23.8. The normalized spacial score (nSPS) is 12.7. The molecule has 1 N–H and O–H groups in total. The lowest BCUT2D eigenvalue weighted by atomic mass is 10.1. The van der Waals surface area contributed by atoms with Gasteiger partial charge in [0.15, 0.2) is 17.0 Å². The molecule has 1 aromatic carbocycles. The molecule has 0 bridgehead atoms. The van der Waals surface area contributed by atoms with Crippen LogP contribution in [0, 0.1) is 0 Å². The van der Waals surface area contributed by atoms with Gasteiger partial charge in [0.2, 0.25) is 0 Å². The number of methoxy groups -OCH3 is 1. The fourth-order valence-electron chi connectivity index (χ4n) is 3.33. The van der Waals surface area contributed by atoms with Gasteiger partial charge in [-0.3, -0.25) is 9.48 Å². The number of halogens is 3. The van der Waals surface area contributed by atoms with Crippen molar-refractivity contribution >= 4 is 11.6 Å². The molecular formula is C22H21F3N6O2. The van der Waals surface area contributed by atoms with E-state index in [4.69, 9.17) is 4.74 Å². The molecule has 0 saturated heterocycles. The second-order valence-electron chi connectivity index (χ2n) is 7.34. The van der Waals surface area contributed by atoms with Gasteiger partial charge in [0, 0.05) is 24.4 Å². The Kier molecular flexibility index (Phi) is 5.79. The molecule has 0 aliphatic rings. The highest BCUT2D eigenvalue weighted by Crippen LogP contribution is 2.32. The second-order valence-corrected chi connectivity index (χ2v) is 7.34. The number of benzene rings is 1. The van der Waals surface area contributed by atoms with Crippen LogP contribution in [-0.4, -0.2) is 37.4 Å². The van der Waals surface area contributed by atoms with Crippen LogP contribution < -0.4 is 10.1 Å². The number of hydrogen-bond acceptors (Lipinski definition) is 5. The van der Waals surface area contributed by atoms with Crippen molar-refractivity contribution < 1.29 is 22.7 Å². The number of nitrogens with zero attached hydrogens (tertiary/aromatic N) is 5. The molecule has 1 amide bonds. The third-order valence-corrected chi connectivity index (χ3v) is 5.11. The van der Waals surface area contributed by atoms with Crippen molar-refractivity contribution in [3.8, 4) is 17.0 Å². The van der Waals surface area contributed by atoms with E-state index >= 15 is 0 Å². The molecule has 4 aromatic rings. The number of amides is 1. The molecule has 0 saturated carbocycles. The fraction of sp³-hybridized carbons (Fsp3) is 0.273. The van der Waals surface area contributed by atoms with Gasteiger partial charge in [-0.15, -0.1) is 0 Å². The molecule has 3 heterocycles. The van der Waals surface area contributed by atoms with Crippen LogP contribution in [0.3, 0.4) is 0 Å². The molecule has 3 aromatic heterocycles. The zero-order valence-corrected chi connectivity index (χ0v) is 18.1. The SMILES string of the molecule is CCn1ccc(C(C)NC(=O)c2cc3nc(-c4ccc(OC)cc4)cc(C(F)(F)F)n3n2)n1. The highest BCUT2D eigenvalue weighted by atomic mass is 19.4. The first-order valence-corrected chi connectivity index (χ1v) is 10.2. The summed E-state index contributed by atoms with van der Waals surface area (Å²) in [5, 5.41) is 10.9. The number of nitrogens with one attached hydrogen (secondary N) is 1. The summed E-state index contributed by atoms with van der Waals surface area (Å²) in [7, 11) is 1.50. The first-order chi connectivity index (χ1) is 15.7. The Bertz CT molecular complexity index is 1290. The van der Waals surface area contributed by atoms with Crippen molar-refractivity contribution in [1.82, 2.24) is 29.7 Å². The standard InChI is InChI=1S/C22H21F3N6O2/c1-4-30-10-9-16(28-30)13(2)26-21(32)18-12-20-27-17(14-5-7-15(33-3)8-6-14)11-19(22(23,24)25)31(20)29-18/h5-13H,4H2,1-3H3,(H,26,32). The average Bonchev–Trinajstić information content (AvgIpc) is 3.45. The summed E-state index contributed by atoms with van der Waals surface area (Å²) in [5.41, 5.74) is -0.110.